The summed E-state index contributed by atoms with van der Waals surface area (Å²) in [6, 6.07) is 7.91. The standard InChI is InChI=1S/C80H123N9O41S/c1-35(96)86-55-61(106)69(127-78-67(112)71(59(104)45(28-92)123-78)129-76-65(110)63(108)57(102)43(26-90)121-76)47(30-94)125-74(55)117-19-5-14-81-52(100)32-119-40-11-9-37(10-12-40)38-23-39(73(114)85-17-16-83-51(99)13-21-116-22-18-84-50(98)8-4-3-7-49-54-42(34-131-49)88-80(115)89-54)25-41(24-38)120-33-53(101)82-15-6-20-118-75-56(87-36(2)97)62(107)70(48(31-95)126-75)128-79-68(113)72(60(105)46(29-93)124-79)130-77-66(111)64(109)58(103)44(27-91)122-77/h9-12,23-25,42-49,54-72,74-79,90-95,102-113H,3-8,13-22,26-34H2,1-2H3,(H,81,100)(H,82,101)(H,83,99)(H,84,98)(H,85,114)(H,86,96)(H,87,97)(H2,88,89,115)/t42-,43?,44?,45?,46?,47?,48?,49-,54-,55?,56?,57-,58-,59-,60-,61?,62?,63?,64?,65?,66?,67?,68?,69+,70+,71?,72?,74+,75+,76+,77+,78-,79-/m0/s1. The van der Waals surface area contributed by atoms with Gasteiger partial charge in [-0.15, -0.1) is 0 Å². The molecule has 0 aromatic heterocycles. The second kappa shape index (κ2) is 51.6. The summed E-state index contributed by atoms with van der Waals surface area (Å²) < 4.78 is 86.1. The number of benzene rings is 2. The highest BCUT2D eigenvalue weighted by molar-refractivity contribution is 8.00. The van der Waals surface area contributed by atoms with Crippen molar-refractivity contribution >= 4 is 59.1 Å². The molecule has 0 aliphatic carbocycles. The molecule has 8 aliphatic rings. The lowest BCUT2D eigenvalue weighted by Crippen LogP contribution is -2.68. The minimum absolute atomic E-state index is 0.00955. The van der Waals surface area contributed by atoms with Crippen molar-refractivity contribution in [3.05, 3.63) is 48.0 Å². The van der Waals surface area contributed by atoms with Crippen LogP contribution in [-0.2, 0) is 90.3 Å². The van der Waals surface area contributed by atoms with Crippen molar-refractivity contribution < 1.29 is 201 Å². The van der Waals surface area contributed by atoms with Gasteiger partial charge in [-0.25, -0.2) is 4.79 Å². The van der Waals surface area contributed by atoms with Gasteiger partial charge in [-0.2, -0.15) is 11.8 Å². The lowest BCUT2D eigenvalue weighted by Gasteiger charge is -2.48. The number of ether oxygens (including phenoxy) is 15. The summed E-state index contributed by atoms with van der Waals surface area (Å²) in [7, 11) is 0. The minimum Gasteiger partial charge on any atom is -0.484 e. The van der Waals surface area contributed by atoms with Crippen LogP contribution in [0.15, 0.2) is 42.5 Å². The number of unbranched alkanes of at least 4 members (excludes halogenated alkanes) is 1. The number of carbonyl (C=O) groups excluding carboxylic acids is 8. The summed E-state index contributed by atoms with van der Waals surface area (Å²) in [5.41, 5.74) is 0.950. The minimum atomic E-state index is -2.06. The van der Waals surface area contributed by atoms with Crippen molar-refractivity contribution in [1.29, 1.82) is 0 Å². The number of hydrogen-bond acceptors (Lipinski definition) is 42. The Kier molecular flexibility index (Phi) is 41.7. The monoisotopic (exact) mass is 1900 g/mol. The highest BCUT2D eigenvalue weighted by atomic mass is 32.2. The van der Waals surface area contributed by atoms with Gasteiger partial charge < -0.3 is 211 Å². The van der Waals surface area contributed by atoms with Crippen LogP contribution in [0, 0.1) is 0 Å². The van der Waals surface area contributed by atoms with Crippen LogP contribution < -0.4 is 57.3 Å². The number of rotatable bonds is 48. The number of fused-ring (bicyclic) bond motifs is 1. The van der Waals surface area contributed by atoms with Crippen LogP contribution in [0.4, 0.5) is 4.79 Å². The Labute approximate surface area is 754 Å². The molecule has 2 aromatic rings. The summed E-state index contributed by atoms with van der Waals surface area (Å²) >= 11 is 1.81. The molecular formula is C80H123N9O41S. The number of thioether (sulfide) groups is 1. The zero-order valence-corrected chi connectivity index (χ0v) is 72.4. The number of urea groups is 1. The largest absolute Gasteiger partial charge is 0.484 e. The summed E-state index contributed by atoms with van der Waals surface area (Å²) in [5, 5.41) is 216. The Morgan fingerprint density at radius 1 is 0.405 bits per heavy atom. The zero-order chi connectivity index (χ0) is 94.9. The molecule has 8 heterocycles. The Morgan fingerprint density at radius 2 is 0.840 bits per heavy atom. The molecule has 8 fully saturated rings. The molecule has 9 amide bonds. The molecule has 8 saturated heterocycles. The van der Waals surface area contributed by atoms with E-state index in [2.05, 4.69) is 47.9 Å². The first-order valence-electron chi connectivity index (χ1n) is 43.1. The van der Waals surface area contributed by atoms with Crippen molar-refractivity contribution in [3.8, 4) is 22.6 Å². The van der Waals surface area contributed by atoms with Crippen molar-refractivity contribution in [2.75, 3.05) is 118 Å². The van der Waals surface area contributed by atoms with E-state index < -0.39 is 267 Å². The number of aliphatic hydroxyl groups is 18. The normalized spacial score (nSPS) is 35.2. The van der Waals surface area contributed by atoms with Gasteiger partial charge in [0.25, 0.3) is 17.7 Å². The molecule has 8 aliphatic heterocycles. The summed E-state index contributed by atoms with van der Waals surface area (Å²) in [6.45, 7) is -4.17. The van der Waals surface area contributed by atoms with E-state index in [9.17, 15) is 130 Å². The Morgan fingerprint density at radius 3 is 1.33 bits per heavy atom. The summed E-state index contributed by atoms with van der Waals surface area (Å²) in [6.07, 6.45) is -46.6. The number of amides is 9. The first kappa shape index (κ1) is 106. The average Bonchev–Trinajstić information content (AvgIpc) is 1.49. The summed E-state index contributed by atoms with van der Waals surface area (Å²) in [4.78, 5) is 102. The van der Waals surface area contributed by atoms with Crippen LogP contribution in [-0.4, -0.2) is 459 Å². The highest BCUT2D eigenvalue weighted by Gasteiger charge is 2.57. The molecule has 0 radical (unpaired) electrons. The number of hydrogen-bond donors (Lipinski definition) is 27. The predicted octanol–water partition coefficient (Wildman–Crippen LogP) is -12.6. The molecule has 0 bridgehead atoms. The maximum Gasteiger partial charge on any atom is 0.315 e. The van der Waals surface area contributed by atoms with E-state index in [0.29, 0.717) is 29.2 Å². The fourth-order valence-corrected chi connectivity index (χ4v) is 17.3. The van der Waals surface area contributed by atoms with Gasteiger partial charge in [0.15, 0.2) is 51.0 Å². The third-order valence-corrected chi connectivity index (χ3v) is 24.3. The molecule has 131 heavy (non-hydrogen) atoms. The van der Waals surface area contributed by atoms with Crippen LogP contribution >= 0.6 is 11.8 Å². The number of aliphatic hydroxyl groups excluding tert-OH is 18. The fourth-order valence-electron chi connectivity index (χ4n) is 15.7. The zero-order valence-electron chi connectivity index (χ0n) is 71.6. The molecule has 18 unspecified atom stereocenters. The third kappa shape index (κ3) is 28.9. The lowest BCUT2D eigenvalue weighted by atomic mass is 9.95. The first-order chi connectivity index (χ1) is 62.8. The lowest BCUT2D eigenvalue weighted by molar-refractivity contribution is -0.376. The molecule has 2 aromatic carbocycles. The van der Waals surface area contributed by atoms with Crippen molar-refractivity contribution in [2.24, 2.45) is 0 Å². The molecule has 10 rings (SSSR count). The number of carbonyl (C=O) groups is 8. The Hall–Kier alpha value is -7.29. The van der Waals surface area contributed by atoms with Gasteiger partial charge in [-0.3, -0.25) is 33.6 Å². The Balaban J connectivity index is 0.692. The van der Waals surface area contributed by atoms with E-state index in [1.54, 1.807) is 12.1 Å². The second-order valence-corrected chi connectivity index (χ2v) is 33.5. The second-order valence-electron chi connectivity index (χ2n) is 32.3. The SMILES string of the molecule is CC(=O)NC1C(O)[C@H](O[C@@H]2OC(CO)[C@H](O)C(O[C@H]3OC(CO)[C@H](O)C(O)C3O)C2O)C(CO)O[C@H]1OCCCNC(=O)COc1ccc(-c2cc(OCC(=O)NCCCO[C@@H]3OC(CO)[C@@H](O[C@@H]4OC(CO)[C@H](O)C(O[C@H]5OC(CO)[C@H](O)C(O)C5O)C4O)C(O)C3NC(C)=O)cc(C(=O)NCCNC(=O)CCOCCNC(=O)CCCC[C@@H]3SC[C@@H]4NC(=O)N[C@@H]43)c2)cc1. The van der Waals surface area contributed by atoms with Gasteiger partial charge in [-0.1, -0.05) is 18.6 Å². The molecule has 0 saturated carbocycles. The van der Waals surface area contributed by atoms with E-state index in [4.69, 9.17) is 71.1 Å². The maximum atomic E-state index is 13.9. The maximum absolute atomic E-state index is 13.9. The number of nitrogens with one attached hydrogen (secondary N) is 9. The van der Waals surface area contributed by atoms with Crippen molar-refractivity contribution in [3.63, 3.8) is 0 Å². The predicted molar refractivity (Wildman–Crippen MR) is 439 cm³/mol. The van der Waals surface area contributed by atoms with Gasteiger partial charge in [0.05, 0.1) is 78.2 Å². The molecule has 51 heteroatoms. The summed E-state index contributed by atoms with van der Waals surface area (Å²) in [5.74, 6) is -2.60. The van der Waals surface area contributed by atoms with E-state index in [0.717, 1.165) is 32.4 Å². The smallest absolute Gasteiger partial charge is 0.315 e. The van der Waals surface area contributed by atoms with Gasteiger partial charge in [0, 0.05) is 76.0 Å². The molecule has 740 valence electrons. The molecule has 0 spiro atoms. The molecule has 50 nitrogen and oxygen atoms in total. The van der Waals surface area contributed by atoms with E-state index in [-0.39, 0.29) is 125 Å². The van der Waals surface area contributed by atoms with Crippen LogP contribution in [0.1, 0.15) is 69.2 Å². The van der Waals surface area contributed by atoms with E-state index in [1.165, 1.54) is 30.3 Å². The highest BCUT2D eigenvalue weighted by Crippen LogP contribution is 2.38. The van der Waals surface area contributed by atoms with Crippen LogP contribution in [0.3, 0.4) is 0 Å². The van der Waals surface area contributed by atoms with Gasteiger partial charge in [-0.05, 0) is 67.1 Å². The quantitative estimate of drug-likeness (QED) is 0.0216. The molecule has 27 N–H and O–H groups in total. The van der Waals surface area contributed by atoms with E-state index in [1.807, 2.05) is 11.8 Å². The van der Waals surface area contributed by atoms with Crippen LogP contribution in [0.2, 0.25) is 0 Å². The van der Waals surface area contributed by atoms with Gasteiger partial charge in [0.2, 0.25) is 23.6 Å². The average molecular weight is 1900 g/mol. The molecule has 33 atom stereocenters. The topological polar surface area (TPSA) is 747 Å². The van der Waals surface area contributed by atoms with Crippen molar-refractivity contribution in [1.82, 2.24) is 47.9 Å². The Bertz CT molecular complexity index is 3940. The fraction of sp³-hybridized carbons (Fsp3) is 0.750. The molecular weight excluding hydrogens is 1770 g/mol. The van der Waals surface area contributed by atoms with Crippen LogP contribution in [0.25, 0.3) is 11.1 Å². The van der Waals surface area contributed by atoms with Crippen molar-refractivity contribution in [2.45, 2.75) is 260 Å². The first-order valence-corrected chi connectivity index (χ1v) is 44.1. The van der Waals surface area contributed by atoms with Gasteiger partial charge in [0.1, 0.15) is 158 Å². The van der Waals surface area contributed by atoms with E-state index >= 15 is 0 Å². The third-order valence-electron chi connectivity index (χ3n) is 22.8. The van der Waals surface area contributed by atoms with Crippen LogP contribution in [0.5, 0.6) is 11.5 Å². The van der Waals surface area contributed by atoms with Gasteiger partial charge >= 0.3 is 6.03 Å².